The fourth-order valence-corrected chi connectivity index (χ4v) is 3.16. The van der Waals surface area contributed by atoms with Gasteiger partial charge < -0.3 is 16.0 Å². The van der Waals surface area contributed by atoms with Gasteiger partial charge in [-0.3, -0.25) is 4.79 Å². The van der Waals surface area contributed by atoms with Gasteiger partial charge in [0.15, 0.2) is 0 Å². The molecule has 1 saturated carbocycles. The molecule has 1 aromatic carbocycles. The Morgan fingerprint density at radius 1 is 1.45 bits per heavy atom. The van der Waals surface area contributed by atoms with Crippen molar-refractivity contribution >= 4 is 23.2 Å². The van der Waals surface area contributed by atoms with Gasteiger partial charge in [0, 0.05) is 23.3 Å². The van der Waals surface area contributed by atoms with Gasteiger partial charge >= 0.3 is 0 Å². The number of amides is 1. The van der Waals surface area contributed by atoms with E-state index in [2.05, 4.69) is 10.2 Å². The van der Waals surface area contributed by atoms with E-state index in [1.54, 1.807) is 0 Å². The average Bonchev–Trinajstić information content (AvgIpc) is 2.90. The van der Waals surface area contributed by atoms with Crippen LogP contribution < -0.4 is 16.0 Å². The highest BCUT2D eigenvalue weighted by atomic mass is 35.5. The molecule has 0 saturated heterocycles. The lowest BCUT2D eigenvalue weighted by molar-refractivity contribution is -0.116. The summed E-state index contributed by atoms with van der Waals surface area (Å²) in [5.74, 6) is -0.290. The molecule has 0 bridgehead atoms. The Kier molecular flexibility index (Phi) is 5.26. The number of hydrogen-bond donors (Lipinski definition) is 2. The molecule has 1 aliphatic rings. The maximum atomic E-state index is 11.4. The Morgan fingerprint density at radius 2 is 2.15 bits per heavy atom. The first-order valence-corrected chi connectivity index (χ1v) is 7.47. The third-order valence-electron chi connectivity index (χ3n) is 3.81. The standard InChI is InChI=1S/C15H22ClN3O/c1-18-9-11-8-12(16)6-7-14(11)19(10-15(17)20)13-4-2-3-5-13/h6-8,13,18H,2-5,9-10H2,1H3,(H2,17,20). The summed E-state index contributed by atoms with van der Waals surface area (Å²) < 4.78 is 0. The van der Waals surface area contributed by atoms with Crippen molar-refractivity contribution in [1.29, 1.82) is 0 Å². The van der Waals surface area contributed by atoms with Gasteiger partial charge in [0.2, 0.25) is 5.91 Å². The molecule has 0 spiro atoms. The number of anilines is 1. The summed E-state index contributed by atoms with van der Waals surface area (Å²) in [6.45, 7) is 0.987. The molecule has 0 atom stereocenters. The summed E-state index contributed by atoms with van der Waals surface area (Å²) in [7, 11) is 1.90. The number of nitrogens with one attached hydrogen (secondary N) is 1. The average molecular weight is 296 g/mol. The van der Waals surface area contributed by atoms with E-state index in [0.29, 0.717) is 11.1 Å². The zero-order chi connectivity index (χ0) is 14.5. The normalized spacial score (nSPS) is 15.5. The van der Waals surface area contributed by atoms with E-state index in [9.17, 15) is 4.79 Å². The smallest absolute Gasteiger partial charge is 0.236 e. The number of benzene rings is 1. The first kappa shape index (κ1) is 15.1. The molecule has 0 aromatic heterocycles. The second-order valence-corrected chi connectivity index (χ2v) is 5.77. The number of primary amides is 1. The lowest BCUT2D eigenvalue weighted by Gasteiger charge is -2.32. The van der Waals surface area contributed by atoms with E-state index in [1.165, 1.54) is 12.8 Å². The van der Waals surface area contributed by atoms with Crippen molar-refractivity contribution in [3.05, 3.63) is 28.8 Å². The zero-order valence-electron chi connectivity index (χ0n) is 11.9. The molecule has 0 unspecified atom stereocenters. The monoisotopic (exact) mass is 295 g/mol. The number of carbonyl (C=O) groups excluding carboxylic acids is 1. The van der Waals surface area contributed by atoms with Crippen LogP contribution in [0.1, 0.15) is 31.2 Å². The van der Waals surface area contributed by atoms with Crippen molar-refractivity contribution in [1.82, 2.24) is 5.32 Å². The maximum absolute atomic E-state index is 11.4. The molecule has 2 rings (SSSR count). The van der Waals surface area contributed by atoms with Crippen LogP contribution >= 0.6 is 11.6 Å². The lowest BCUT2D eigenvalue weighted by atomic mass is 10.1. The van der Waals surface area contributed by atoms with Crippen LogP contribution in [0.5, 0.6) is 0 Å². The van der Waals surface area contributed by atoms with Crippen molar-refractivity contribution < 1.29 is 4.79 Å². The third kappa shape index (κ3) is 3.64. The Bertz CT molecular complexity index is 472. The van der Waals surface area contributed by atoms with Crippen LogP contribution in [0, 0.1) is 0 Å². The molecular formula is C15H22ClN3O. The molecule has 4 nitrogen and oxygen atoms in total. The van der Waals surface area contributed by atoms with Crippen molar-refractivity contribution in [3.8, 4) is 0 Å². The summed E-state index contributed by atoms with van der Waals surface area (Å²) in [4.78, 5) is 13.6. The molecule has 0 heterocycles. The minimum Gasteiger partial charge on any atom is -0.368 e. The Balaban J connectivity index is 2.33. The van der Waals surface area contributed by atoms with Crippen LogP contribution in [0.4, 0.5) is 5.69 Å². The fraction of sp³-hybridized carbons (Fsp3) is 0.533. The highest BCUT2D eigenvalue weighted by Gasteiger charge is 2.25. The van der Waals surface area contributed by atoms with E-state index < -0.39 is 0 Å². The first-order valence-electron chi connectivity index (χ1n) is 7.10. The number of hydrogen-bond acceptors (Lipinski definition) is 3. The van der Waals surface area contributed by atoms with Gasteiger partial charge in [0.25, 0.3) is 0 Å². The van der Waals surface area contributed by atoms with Crippen molar-refractivity contribution in [2.45, 2.75) is 38.3 Å². The molecule has 1 aromatic rings. The first-order chi connectivity index (χ1) is 9.61. The molecule has 110 valence electrons. The van der Waals surface area contributed by atoms with Crippen LogP contribution in [0.2, 0.25) is 5.02 Å². The van der Waals surface area contributed by atoms with E-state index >= 15 is 0 Å². The van der Waals surface area contributed by atoms with Crippen LogP contribution in [0.3, 0.4) is 0 Å². The number of carbonyl (C=O) groups is 1. The summed E-state index contributed by atoms with van der Waals surface area (Å²) in [6, 6.07) is 6.23. The van der Waals surface area contributed by atoms with Gasteiger partial charge in [0.05, 0.1) is 6.54 Å². The largest absolute Gasteiger partial charge is 0.368 e. The summed E-state index contributed by atoms with van der Waals surface area (Å²) in [5.41, 5.74) is 7.60. The van der Waals surface area contributed by atoms with Crippen molar-refractivity contribution in [2.24, 2.45) is 5.73 Å². The van der Waals surface area contributed by atoms with Crippen LogP contribution in [0.25, 0.3) is 0 Å². The molecule has 5 heteroatoms. The molecular weight excluding hydrogens is 274 g/mol. The van der Waals surface area contributed by atoms with Gasteiger partial charge in [-0.2, -0.15) is 0 Å². The molecule has 0 aliphatic heterocycles. The van der Waals surface area contributed by atoms with E-state index in [4.69, 9.17) is 17.3 Å². The highest BCUT2D eigenvalue weighted by Crippen LogP contribution is 2.31. The van der Waals surface area contributed by atoms with E-state index in [0.717, 1.165) is 30.6 Å². The van der Waals surface area contributed by atoms with E-state index in [-0.39, 0.29) is 12.5 Å². The molecule has 0 radical (unpaired) electrons. The predicted octanol–water partition coefficient (Wildman–Crippen LogP) is 2.29. The Labute approximate surface area is 125 Å². The number of halogens is 1. The number of rotatable bonds is 6. The minimum atomic E-state index is -0.290. The zero-order valence-corrected chi connectivity index (χ0v) is 12.6. The van der Waals surface area contributed by atoms with Gasteiger partial charge in [-0.1, -0.05) is 24.4 Å². The SMILES string of the molecule is CNCc1cc(Cl)ccc1N(CC(N)=O)C1CCCC1. The van der Waals surface area contributed by atoms with Crippen LogP contribution in [-0.2, 0) is 11.3 Å². The van der Waals surface area contributed by atoms with Gasteiger partial charge in [-0.15, -0.1) is 0 Å². The van der Waals surface area contributed by atoms with Gasteiger partial charge in [0.1, 0.15) is 0 Å². The third-order valence-corrected chi connectivity index (χ3v) is 4.04. The summed E-state index contributed by atoms with van der Waals surface area (Å²) in [5, 5.41) is 3.86. The fourth-order valence-electron chi connectivity index (χ4n) is 2.96. The van der Waals surface area contributed by atoms with E-state index in [1.807, 2.05) is 25.2 Å². The Morgan fingerprint density at radius 3 is 2.75 bits per heavy atom. The van der Waals surface area contributed by atoms with Crippen LogP contribution in [0.15, 0.2) is 18.2 Å². The second kappa shape index (κ2) is 6.95. The minimum absolute atomic E-state index is 0.267. The topological polar surface area (TPSA) is 58.4 Å². The van der Waals surface area contributed by atoms with Crippen LogP contribution in [-0.4, -0.2) is 25.5 Å². The Hall–Kier alpha value is -1.26. The molecule has 1 fully saturated rings. The lowest BCUT2D eigenvalue weighted by Crippen LogP contribution is -2.40. The van der Waals surface area contributed by atoms with Gasteiger partial charge in [-0.05, 0) is 43.7 Å². The second-order valence-electron chi connectivity index (χ2n) is 5.34. The van der Waals surface area contributed by atoms with Gasteiger partial charge in [-0.25, -0.2) is 0 Å². The predicted molar refractivity (Wildman–Crippen MR) is 83.0 cm³/mol. The van der Waals surface area contributed by atoms with Crippen molar-refractivity contribution in [3.63, 3.8) is 0 Å². The molecule has 1 aliphatic carbocycles. The molecule has 1 amide bonds. The quantitative estimate of drug-likeness (QED) is 0.846. The summed E-state index contributed by atoms with van der Waals surface area (Å²) in [6.07, 6.45) is 4.67. The molecule has 20 heavy (non-hydrogen) atoms. The summed E-state index contributed by atoms with van der Waals surface area (Å²) >= 11 is 6.08. The molecule has 3 N–H and O–H groups in total. The number of nitrogens with zero attached hydrogens (tertiary/aromatic N) is 1. The number of nitrogens with two attached hydrogens (primary N) is 1. The maximum Gasteiger partial charge on any atom is 0.236 e. The van der Waals surface area contributed by atoms with Crippen molar-refractivity contribution in [2.75, 3.05) is 18.5 Å². The highest BCUT2D eigenvalue weighted by molar-refractivity contribution is 6.30.